The fourth-order valence-electron chi connectivity index (χ4n) is 4.16. The summed E-state index contributed by atoms with van der Waals surface area (Å²) < 4.78 is 71.2. The molecule has 3 atom stereocenters. The number of carboxylic acid groups (broad SMARTS) is 1. The molecule has 0 bridgehead atoms. The van der Waals surface area contributed by atoms with Gasteiger partial charge >= 0.3 is 20.4 Å². The molecule has 1 saturated heterocycles. The number of halogens is 2. The SMILES string of the molecule is CC1=C(C(=O)[O-])N2C(=O)[C@@H](NC(=O)[C@@H](c3ccc(O)cc3)[NH+](CCS(=O)(=O)F)CCS(=O)(=O)F)C2SC1. The van der Waals surface area contributed by atoms with Crippen LogP contribution in [-0.2, 0) is 34.8 Å². The smallest absolute Gasteiger partial charge is 0.307 e. The molecular formula is C20H23F2N3O9S3. The molecule has 0 radical (unpaired) electrons. The molecule has 1 aromatic rings. The van der Waals surface area contributed by atoms with Crippen LogP contribution in [0.5, 0.6) is 5.75 Å². The van der Waals surface area contributed by atoms with Gasteiger partial charge in [0.2, 0.25) is 0 Å². The zero-order valence-corrected chi connectivity index (χ0v) is 21.7. The van der Waals surface area contributed by atoms with Gasteiger partial charge in [0, 0.05) is 11.3 Å². The quantitative estimate of drug-likeness (QED) is 0.184. The Hall–Kier alpha value is -2.76. The molecule has 12 nitrogen and oxygen atoms in total. The largest absolute Gasteiger partial charge is 0.543 e. The van der Waals surface area contributed by atoms with Crippen molar-refractivity contribution < 1.29 is 54.1 Å². The molecule has 1 aromatic carbocycles. The first-order valence-electron chi connectivity index (χ1n) is 10.7. The lowest BCUT2D eigenvalue weighted by molar-refractivity contribution is -0.917. The molecule has 0 saturated carbocycles. The highest BCUT2D eigenvalue weighted by Gasteiger charge is 2.53. The van der Waals surface area contributed by atoms with E-state index in [0.717, 1.165) is 4.90 Å². The van der Waals surface area contributed by atoms with E-state index in [0.29, 0.717) is 5.57 Å². The molecule has 2 aliphatic heterocycles. The van der Waals surface area contributed by atoms with E-state index in [2.05, 4.69) is 5.32 Å². The van der Waals surface area contributed by atoms with E-state index in [1.165, 1.54) is 43.0 Å². The lowest BCUT2D eigenvalue weighted by atomic mass is 10.00. The number of hydrogen-bond donors (Lipinski definition) is 3. The number of hydrogen-bond acceptors (Lipinski definition) is 10. The van der Waals surface area contributed by atoms with Crippen LogP contribution >= 0.6 is 11.8 Å². The van der Waals surface area contributed by atoms with Gasteiger partial charge in [-0.25, -0.2) is 0 Å². The van der Waals surface area contributed by atoms with Crippen molar-refractivity contribution in [3.05, 3.63) is 41.1 Å². The normalized spacial score (nSPS) is 20.9. The first kappa shape index (κ1) is 28.8. The van der Waals surface area contributed by atoms with E-state index in [1.54, 1.807) is 0 Å². The number of thioether (sulfide) groups is 1. The summed E-state index contributed by atoms with van der Waals surface area (Å²) in [6, 6.07) is 2.31. The number of phenols is 1. The standard InChI is InChI=1S/C20H23F2N3O9S3/c1-11-10-35-19-14(18(28)25(19)15(11)20(29)30)23-17(27)16(12-2-4-13(26)5-3-12)24(6-8-36(21,31)32)7-9-37(22,33)34/h2-5,14,16,19,26H,6-10H2,1H3,(H,23,27)(H,29,30)/t14-,16-,19?/m1/s1. The second-order valence-electron chi connectivity index (χ2n) is 8.48. The summed E-state index contributed by atoms with van der Waals surface area (Å²) in [6.45, 7) is 0.257. The Morgan fingerprint density at radius 1 is 1.16 bits per heavy atom. The maximum absolute atomic E-state index is 13.4. The molecule has 204 valence electrons. The number of nitrogens with zero attached hydrogens (tertiary/aromatic N) is 1. The van der Waals surface area contributed by atoms with Crippen LogP contribution in [0.2, 0.25) is 0 Å². The Morgan fingerprint density at radius 2 is 1.70 bits per heavy atom. The minimum atomic E-state index is -5.05. The lowest BCUT2D eigenvalue weighted by Crippen LogP contribution is -3.14. The van der Waals surface area contributed by atoms with E-state index in [4.69, 9.17) is 0 Å². The summed E-state index contributed by atoms with van der Waals surface area (Å²) in [7, 11) is -10.1. The second kappa shape index (κ2) is 10.9. The Labute approximate surface area is 215 Å². The zero-order chi connectivity index (χ0) is 27.7. The topological polar surface area (TPSA) is 182 Å². The van der Waals surface area contributed by atoms with E-state index < -0.39 is 80.3 Å². The minimum Gasteiger partial charge on any atom is -0.543 e. The molecule has 0 spiro atoms. The highest BCUT2D eigenvalue weighted by molar-refractivity contribution is 8.00. The van der Waals surface area contributed by atoms with Crippen LogP contribution in [0.3, 0.4) is 0 Å². The van der Waals surface area contributed by atoms with Crippen molar-refractivity contribution in [2.75, 3.05) is 30.3 Å². The average molecular weight is 584 g/mol. The number of aliphatic carboxylic acids is 1. The Kier molecular flexibility index (Phi) is 8.50. The fourth-order valence-corrected chi connectivity index (χ4v) is 6.46. The van der Waals surface area contributed by atoms with Gasteiger partial charge in [-0.2, -0.15) is 16.8 Å². The van der Waals surface area contributed by atoms with Gasteiger partial charge in [0.1, 0.15) is 28.7 Å². The average Bonchev–Trinajstić information content (AvgIpc) is 2.78. The highest BCUT2D eigenvalue weighted by atomic mass is 32.3. The van der Waals surface area contributed by atoms with Gasteiger partial charge in [-0.15, -0.1) is 19.5 Å². The molecule has 1 unspecified atom stereocenters. The number of β-lactam (4-membered cyclic amide) rings is 1. The monoisotopic (exact) mass is 583 g/mol. The third-order valence-electron chi connectivity index (χ3n) is 5.88. The summed E-state index contributed by atoms with van der Waals surface area (Å²) in [6.07, 6.45) is 0. The number of phenolic OH excluding ortho intramolecular Hbond substituents is 1. The molecule has 0 aliphatic carbocycles. The zero-order valence-electron chi connectivity index (χ0n) is 19.2. The number of aromatic hydroxyl groups is 1. The van der Waals surface area contributed by atoms with Crippen molar-refractivity contribution in [1.29, 1.82) is 0 Å². The van der Waals surface area contributed by atoms with Crippen LogP contribution in [0.15, 0.2) is 35.5 Å². The molecular weight excluding hydrogens is 560 g/mol. The van der Waals surface area contributed by atoms with Crippen molar-refractivity contribution in [3.63, 3.8) is 0 Å². The Bertz CT molecular complexity index is 1300. The summed E-state index contributed by atoms with van der Waals surface area (Å²) >= 11 is 1.18. The second-order valence-corrected chi connectivity index (χ2v) is 12.6. The predicted octanol–water partition coefficient (Wildman–Crippen LogP) is -2.66. The molecule has 37 heavy (non-hydrogen) atoms. The van der Waals surface area contributed by atoms with Crippen LogP contribution in [0.25, 0.3) is 0 Å². The first-order chi connectivity index (χ1) is 17.1. The number of amides is 2. The van der Waals surface area contributed by atoms with Gasteiger partial charge in [0.15, 0.2) is 6.04 Å². The Balaban J connectivity index is 1.92. The Morgan fingerprint density at radius 3 is 2.19 bits per heavy atom. The predicted molar refractivity (Wildman–Crippen MR) is 124 cm³/mol. The molecule has 17 heteroatoms. The van der Waals surface area contributed by atoms with Crippen LogP contribution in [0, 0.1) is 0 Å². The van der Waals surface area contributed by atoms with E-state index in [1.807, 2.05) is 0 Å². The number of fused-ring (bicyclic) bond motifs is 1. The van der Waals surface area contributed by atoms with Crippen molar-refractivity contribution in [1.82, 2.24) is 10.2 Å². The van der Waals surface area contributed by atoms with E-state index in [9.17, 15) is 49.2 Å². The van der Waals surface area contributed by atoms with E-state index in [-0.39, 0.29) is 27.7 Å². The van der Waals surface area contributed by atoms with Crippen LogP contribution < -0.4 is 15.3 Å². The summed E-state index contributed by atoms with van der Waals surface area (Å²) in [4.78, 5) is 38.5. The van der Waals surface area contributed by atoms with Gasteiger partial charge in [-0.05, 0) is 36.8 Å². The molecule has 3 N–H and O–H groups in total. The number of rotatable bonds is 11. The molecule has 0 aromatic heterocycles. The van der Waals surface area contributed by atoms with Crippen molar-refractivity contribution in [3.8, 4) is 5.75 Å². The number of benzene rings is 1. The highest BCUT2D eigenvalue weighted by Crippen LogP contribution is 2.40. The molecule has 2 heterocycles. The minimum absolute atomic E-state index is 0.129. The molecule has 3 rings (SSSR count). The van der Waals surface area contributed by atoms with Gasteiger partial charge < -0.3 is 25.2 Å². The van der Waals surface area contributed by atoms with Crippen LogP contribution in [0.4, 0.5) is 7.77 Å². The maximum atomic E-state index is 13.4. The van der Waals surface area contributed by atoms with Crippen LogP contribution in [0.1, 0.15) is 18.5 Å². The maximum Gasteiger partial charge on any atom is 0.307 e. The number of quaternary nitrogens is 1. The van der Waals surface area contributed by atoms with Crippen molar-refractivity contribution in [2.45, 2.75) is 24.4 Å². The van der Waals surface area contributed by atoms with Gasteiger partial charge in [0.25, 0.3) is 11.8 Å². The van der Waals surface area contributed by atoms with Gasteiger partial charge in [-0.1, -0.05) is 0 Å². The third-order valence-corrected chi connectivity index (χ3v) is 8.69. The van der Waals surface area contributed by atoms with E-state index >= 15 is 0 Å². The number of carbonyl (C=O) groups excluding carboxylic acids is 3. The summed E-state index contributed by atoms with van der Waals surface area (Å²) in [5.41, 5.74) is 0.226. The van der Waals surface area contributed by atoms with Crippen LogP contribution in [-0.4, -0.2) is 86.4 Å². The van der Waals surface area contributed by atoms with Gasteiger partial charge in [0.05, 0.1) is 24.8 Å². The lowest BCUT2D eigenvalue weighted by Gasteiger charge is -2.50. The first-order valence-corrected chi connectivity index (χ1v) is 14.9. The van der Waals surface area contributed by atoms with Gasteiger partial charge in [-0.3, -0.25) is 14.5 Å². The fraction of sp³-hybridized carbons (Fsp3) is 0.450. The summed E-state index contributed by atoms with van der Waals surface area (Å²) in [5, 5.41) is 22.8. The number of carboxylic acids is 1. The molecule has 2 aliphatic rings. The number of nitrogens with one attached hydrogen (secondary N) is 2. The molecule has 2 amide bonds. The third kappa shape index (κ3) is 6.97. The number of carbonyl (C=O) groups is 3. The summed E-state index contributed by atoms with van der Waals surface area (Å²) in [5.74, 6) is -5.37. The van der Waals surface area contributed by atoms with Crippen molar-refractivity contribution in [2.24, 2.45) is 0 Å². The van der Waals surface area contributed by atoms with Crippen molar-refractivity contribution >= 4 is 50.0 Å². The molecule has 1 fully saturated rings.